The van der Waals surface area contributed by atoms with Crippen LogP contribution in [0, 0.1) is 11.3 Å². The predicted molar refractivity (Wildman–Crippen MR) is 86.4 cm³/mol. The lowest BCUT2D eigenvalue weighted by Gasteiger charge is -2.34. The first-order valence-electron chi connectivity index (χ1n) is 6.54. The monoisotopic (exact) mass is 417 g/mol. The summed E-state index contributed by atoms with van der Waals surface area (Å²) in [5.41, 5.74) is 0.0273. The molecular formula is C15H10BrF2NO4S. The number of halogens is 3. The minimum Gasteiger partial charge on any atom is -0.456 e. The summed E-state index contributed by atoms with van der Waals surface area (Å²) in [4.78, 5) is -0.426. The number of aliphatic hydroxyl groups is 1. The summed E-state index contributed by atoms with van der Waals surface area (Å²) >= 11 is 3.08. The van der Waals surface area contributed by atoms with Crippen LogP contribution in [0.4, 0.5) is 8.78 Å². The summed E-state index contributed by atoms with van der Waals surface area (Å²) < 4.78 is 52.9. The molecule has 0 saturated heterocycles. The second-order valence-corrected chi connectivity index (χ2v) is 7.92. The smallest absolute Gasteiger partial charge is 0.371 e. The van der Waals surface area contributed by atoms with Gasteiger partial charge in [-0.15, -0.1) is 10.6 Å². The van der Waals surface area contributed by atoms with Gasteiger partial charge in [0.25, 0.3) is 0 Å². The quantitative estimate of drug-likeness (QED) is 0.648. The molecule has 1 atom stereocenters. The maximum Gasteiger partial charge on any atom is 0.371 e. The Bertz CT molecular complexity index is 869. The molecule has 24 heavy (non-hydrogen) atoms. The van der Waals surface area contributed by atoms with Crippen molar-refractivity contribution in [2.24, 2.45) is 0 Å². The van der Waals surface area contributed by atoms with Crippen molar-refractivity contribution >= 4 is 26.5 Å². The average Bonchev–Trinajstić information content (AvgIpc) is 2.68. The Morgan fingerprint density at radius 1 is 1.25 bits per heavy atom. The molecule has 2 aromatic carbocycles. The zero-order valence-electron chi connectivity index (χ0n) is 11.8. The van der Waals surface area contributed by atoms with Gasteiger partial charge >= 0.3 is 5.25 Å². The standard InChI is InChI=1S/C15H10BrF2NO4S/c16-13-10(23-9-3-1-2-8(6-9)7-19)4-5-11-12(13)14(20)15(17,18)24(11,21)22/h1-6,14,20-22H. The number of ether oxygens (including phenoxy) is 1. The summed E-state index contributed by atoms with van der Waals surface area (Å²) in [6.45, 7) is 0. The van der Waals surface area contributed by atoms with Crippen molar-refractivity contribution in [2.45, 2.75) is 16.3 Å². The Hall–Kier alpha value is -1.70. The van der Waals surface area contributed by atoms with Gasteiger partial charge < -0.3 is 9.84 Å². The SMILES string of the molecule is N#Cc1cccc(Oc2ccc3c(c2Br)C(O)C(F)(F)S3(O)O)c1. The van der Waals surface area contributed by atoms with E-state index < -0.39 is 26.8 Å². The van der Waals surface area contributed by atoms with E-state index in [1.165, 1.54) is 12.1 Å². The highest BCUT2D eigenvalue weighted by Crippen LogP contribution is 2.73. The number of nitriles is 1. The lowest BCUT2D eigenvalue weighted by Crippen LogP contribution is -2.26. The molecule has 1 heterocycles. The highest BCUT2D eigenvalue weighted by atomic mass is 79.9. The van der Waals surface area contributed by atoms with Crippen LogP contribution in [0.3, 0.4) is 0 Å². The Kier molecular flexibility index (Phi) is 4.06. The Balaban J connectivity index is 2.06. The highest BCUT2D eigenvalue weighted by molar-refractivity contribution is 9.10. The third kappa shape index (κ3) is 2.39. The number of aliphatic hydroxyl groups excluding tert-OH is 1. The third-order valence-electron chi connectivity index (χ3n) is 3.57. The van der Waals surface area contributed by atoms with Crippen molar-refractivity contribution in [2.75, 3.05) is 0 Å². The molecule has 126 valence electrons. The van der Waals surface area contributed by atoms with Crippen LogP contribution in [0.25, 0.3) is 0 Å². The number of hydrogen-bond donors (Lipinski definition) is 3. The minimum atomic E-state index is -4.47. The van der Waals surface area contributed by atoms with Gasteiger partial charge in [0.2, 0.25) is 0 Å². The topological polar surface area (TPSA) is 93.7 Å². The van der Waals surface area contributed by atoms with E-state index >= 15 is 0 Å². The molecule has 5 nitrogen and oxygen atoms in total. The zero-order chi connectivity index (χ0) is 17.7. The molecule has 3 N–H and O–H groups in total. The second kappa shape index (κ2) is 5.68. The van der Waals surface area contributed by atoms with Crippen LogP contribution >= 0.6 is 26.5 Å². The maximum absolute atomic E-state index is 13.9. The van der Waals surface area contributed by atoms with Crippen molar-refractivity contribution < 1.29 is 27.7 Å². The largest absolute Gasteiger partial charge is 0.456 e. The summed E-state index contributed by atoms with van der Waals surface area (Å²) in [6.07, 6.45) is -2.37. The van der Waals surface area contributed by atoms with E-state index in [4.69, 9.17) is 10.00 Å². The first-order valence-corrected chi connectivity index (χ1v) is 8.88. The molecule has 1 unspecified atom stereocenters. The fourth-order valence-electron chi connectivity index (χ4n) is 2.36. The normalized spacial score (nSPS) is 21.6. The van der Waals surface area contributed by atoms with Gasteiger partial charge in [-0.1, -0.05) is 6.07 Å². The lowest BCUT2D eigenvalue weighted by atomic mass is 10.1. The number of rotatable bonds is 2. The van der Waals surface area contributed by atoms with Crippen LogP contribution in [0.15, 0.2) is 45.8 Å². The van der Waals surface area contributed by atoms with Crippen LogP contribution in [0.2, 0.25) is 0 Å². The summed E-state index contributed by atoms with van der Waals surface area (Å²) in [7, 11) is -4.47. The molecule has 0 aliphatic carbocycles. The Morgan fingerprint density at radius 2 is 1.96 bits per heavy atom. The van der Waals surface area contributed by atoms with Gasteiger partial charge in [0.15, 0.2) is 6.10 Å². The zero-order valence-corrected chi connectivity index (χ0v) is 14.2. The van der Waals surface area contributed by atoms with E-state index in [1.807, 2.05) is 6.07 Å². The van der Waals surface area contributed by atoms with E-state index in [1.54, 1.807) is 18.2 Å². The van der Waals surface area contributed by atoms with Gasteiger partial charge in [0.1, 0.15) is 11.5 Å². The molecule has 0 saturated carbocycles. The molecular weight excluding hydrogens is 408 g/mol. The van der Waals surface area contributed by atoms with Crippen LogP contribution in [0.1, 0.15) is 17.2 Å². The van der Waals surface area contributed by atoms with E-state index in [0.29, 0.717) is 11.3 Å². The summed E-state index contributed by atoms with van der Waals surface area (Å²) in [5.74, 6) is 0.386. The third-order valence-corrected chi connectivity index (χ3v) is 6.34. The molecule has 0 aromatic heterocycles. The van der Waals surface area contributed by atoms with Gasteiger partial charge in [-0.05, 0) is 46.3 Å². The van der Waals surface area contributed by atoms with E-state index in [-0.39, 0.29) is 15.8 Å². The van der Waals surface area contributed by atoms with E-state index in [2.05, 4.69) is 15.9 Å². The minimum absolute atomic E-state index is 0.00740. The number of hydrogen-bond acceptors (Lipinski definition) is 5. The van der Waals surface area contributed by atoms with Crippen LogP contribution in [0.5, 0.6) is 11.5 Å². The lowest BCUT2D eigenvalue weighted by molar-refractivity contribution is -0.0436. The van der Waals surface area contributed by atoms with Crippen LogP contribution in [-0.2, 0) is 0 Å². The summed E-state index contributed by atoms with van der Waals surface area (Å²) in [5, 5.41) is 14.6. The molecule has 0 spiro atoms. The molecule has 1 aliphatic heterocycles. The van der Waals surface area contributed by atoms with E-state index in [0.717, 1.165) is 6.07 Å². The van der Waals surface area contributed by atoms with Gasteiger partial charge in [-0.2, -0.15) is 14.0 Å². The number of nitrogens with zero attached hydrogens (tertiary/aromatic N) is 1. The van der Waals surface area contributed by atoms with Gasteiger partial charge in [-0.25, -0.2) is 0 Å². The molecule has 0 fully saturated rings. The average molecular weight is 418 g/mol. The maximum atomic E-state index is 13.9. The van der Waals surface area contributed by atoms with Gasteiger partial charge in [-0.3, -0.25) is 9.11 Å². The first-order chi connectivity index (χ1) is 11.2. The summed E-state index contributed by atoms with van der Waals surface area (Å²) in [6, 6.07) is 10.5. The first kappa shape index (κ1) is 17.1. The molecule has 0 bridgehead atoms. The molecule has 3 rings (SSSR count). The van der Waals surface area contributed by atoms with Crippen molar-refractivity contribution in [1.82, 2.24) is 0 Å². The van der Waals surface area contributed by atoms with Gasteiger partial charge in [0, 0.05) is 5.56 Å². The molecule has 2 aromatic rings. The van der Waals surface area contributed by atoms with Crippen LogP contribution < -0.4 is 4.74 Å². The fourth-order valence-corrected chi connectivity index (χ4v) is 4.64. The van der Waals surface area contributed by atoms with E-state index in [9.17, 15) is 23.0 Å². The molecule has 0 amide bonds. The van der Waals surface area contributed by atoms with Crippen molar-refractivity contribution in [3.8, 4) is 17.6 Å². The predicted octanol–water partition coefficient (Wildman–Crippen LogP) is 4.86. The van der Waals surface area contributed by atoms with Crippen molar-refractivity contribution in [1.29, 1.82) is 5.26 Å². The Morgan fingerprint density at radius 3 is 2.62 bits per heavy atom. The molecule has 9 heteroatoms. The molecule has 1 aliphatic rings. The second-order valence-electron chi connectivity index (χ2n) is 5.04. The molecule has 0 radical (unpaired) electrons. The number of alkyl halides is 2. The Labute approximate surface area is 145 Å². The van der Waals surface area contributed by atoms with Crippen LogP contribution in [-0.4, -0.2) is 19.5 Å². The van der Waals surface area contributed by atoms with Gasteiger partial charge in [0.05, 0.1) is 21.0 Å². The van der Waals surface area contributed by atoms with Crippen molar-refractivity contribution in [3.63, 3.8) is 0 Å². The fraction of sp³-hybridized carbons (Fsp3) is 0.133. The van der Waals surface area contributed by atoms with Crippen molar-refractivity contribution in [3.05, 3.63) is 52.0 Å². The number of benzene rings is 2. The number of fused-ring (bicyclic) bond motifs is 1. The highest BCUT2D eigenvalue weighted by Gasteiger charge is 2.61.